The average molecular weight is 445 g/mol. The summed E-state index contributed by atoms with van der Waals surface area (Å²) >= 11 is 0. The molecule has 5 aromatic rings. The van der Waals surface area contributed by atoms with Crippen LogP contribution in [0.1, 0.15) is 16.8 Å². The first-order valence-corrected chi connectivity index (χ1v) is 10.9. The van der Waals surface area contributed by atoms with Gasteiger partial charge in [0.1, 0.15) is 0 Å². The number of benzene rings is 1. The highest BCUT2D eigenvalue weighted by Gasteiger charge is 2.14. The molecule has 0 unspecified atom stereocenters. The summed E-state index contributed by atoms with van der Waals surface area (Å²) in [6.07, 6.45) is 11.1. The van der Waals surface area contributed by atoms with Gasteiger partial charge in [-0.1, -0.05) is 61.7 Å². The van der Waals surface area contributed by atoms with Crippen LogP contribution in [0.3, 0.4) is 0 Å². The van der Waals surface area contributed by atoms with Crippen molar-refractivity contribution in [3.05, 3.63) is 109 Å². The van der Waals surface area contributed by atoms with Crippen molar-refractivity contribution in [1.82, 2.24) is 25.1 Å². The minimum Gasteiger partial charge on any atom is -0.357 e. The molecule has 0 saturated heterocycles. The summed E-state index contributed by atoms with van der Waals surface area (Å²) in [5, 5.41) is 11.8. The van der Waals surface area contributed by atoms with Crippen LogP contribution in [0.4, 0.5) is 5.69 Å². The second-order valence-electron chi connectivity index (χ2n) is 7.98. The summed E-state index contributed by atoms with van der Waals surface area (Å²) < 4.78 is 0. The van der Waals surface area contributed by atoms with Crippen molar-refractivity contribution in [3.63, 3.8) is 0 Å². The van der Waals surface area contributed by atoms with Gasteiger partial charge in [0.25, 0.3) is 0 Å². The molecule has 5 rings (SSSR count). The summed E-state index contributed by atoms with van der Waals surface area (Å²) in [5.41, 5.74) is 9.28. The second-order valence-corrected chi connectivity index (χ2v) is 7.98. The largest absolute Gasteiger partial charge is 0.357 e. The van der Waals surface area contributed by atoms with Crippen molar-refractivity contribution in [2.75, 3.05) is 5.32 Å². The maximum Gasteiger partial charge on any atom is 0.181 e. The summed E-state index contributed by atoms with van der Waals surface area (Å²) in [6.45, 7) is 9.94. The number of nitrogens with zero attached hydrogens (tertiary/aromatic N) is 3. The van der Waals surface area contributed by atoms with E-state index in [9.17, 15) is 0 Å². The first kappa shape index (κ1) is 21.2. The summed E-state index contributed by atoms with van der Waals surface area (Å²) in [7, 11) is 0. The Labute approximate surface area is 197 Å². The smallest absolute Gasteiger partial charge is 0.181 e. The van der Waals surface area contributed by atoms with E-state index in [1.807, 2.05) is 67.9 Å². The Morgan fingerprint density at radius 3 is 2.68 bits per heavy atom. The standard InChI is InChI=1S/C28H24N6/c1-4-5-9-21-14-26(32-19(21)3)27-25-13-23(16-30-28(25)34-33-27)22-12-24(17-29-15-22)31-18(2)20-10-7-6-8-11-20/h4-17,31-32H,1-2H2,3H3,(H,30,33,34)/b9-5-. The zero-order valence-electron chi connectivity index (χ0n) is 18.8. The maximum absolute atomic E-state index is 4.57. The van der Waals surface area contributed by atoms with Gasteiger partial charge in [-0.15, -0.1) is 0 Å². The van der Waals surface area contributed by atoms with Gasteiger partial charge in [0.15, 0.2) is 5.65 Å². The molecule has 0 amide bonds. The molecule has 6 nitrogen and oxygen atoms in total. The van der Waals surface area contributed by atoms with Crippen LogP contribution < -0.4 is 5.32 Å². The highest BCUT2D eigenvalue weighted by molar-refractivity contribution is 5.93. The Kier molecular flexibility index (Phi) is 5.62. The topological polar surface area (TPSA) is 82.3 Å². The van der Waals surface area contributed by atoms with Crippen LogP contribution in [0.25, 0.3) is 45.3 Å². The van der Waals surface area contributed by atoms with E-state index in [0.29, 0.717) is 5.65 Å². The number of rotatable bonds is 7. The molecule has 4 heterocycles. The van der Waals surface area contributed by atoms with Crippen molar-refractivity contribution in [2.45, 2.75) is 6.92 Å². The fourth-order valence-corrected chi connectivity index (χ4v) is 3.87. The zero-order valence-corrected chi connectivity index (χ0v) is 18.8. The molecule has 1 aromatic carbocycles. The first-order valence-electron chi connectivity index (χ1n) is 10.9. The average Bonchev–Trinajstić information content (AvgIpc) is 3.46. The Balaban J connectivity index is 1.47. The Bertz CT molecular complexity index is 1520. The number of H-pyrrole nitrogens is 2. The molecule has 166 valence electrons. The van der Waals surface area contributed by atoms with E-state index in [1.54, 1.807) is 12.3 Å². The summed E-state index contributed by atoms with van der Waals surface area (Å²) in [4.78, 5) is 12.4. The Morgan fingerprint density at radius 2 is 1.85 bits per heavy atom. The molecule has 0 saturated carbocycles. The van der Waals surface area contributed by atoms with Gasteiger partial charge in [-0.3, -0.25) is 10.1 Å². The van der Waals surface area contributed by atoms with E-state index in [4.69, 9.17) is 0 Å². The molecule has 3 N–H and O–H groups in total. The molecule has 0 aliphatic rings. The predicted molar refractivity (Wildman–Crippen MR) is 140 cm³/mol. The van der Waals surface area contributed by atoms with Crippen molar-refractivity contribution >= 4 is 28.5 Å². The van der Waals surface area contributed by atoms with E-state index in [2.05, 4.69) is 55.8 Å². The number of nitrogens with one attached hydrogen (secondary N) is 3. The van der Waals surface area contributed by atoms with Crippen LogP contribution >= 0.6 is 0 Å². The summed E-state index contributed by atoms with van der Waals surface area (Å²) in [6, 6.07) is 16.2. The lowest BCUT2D eigenvalue weighted by molar-refractivity contribution is 1.09. The van der Waals surface area contributed by atoms with Crippen molar-refractivity contribution in [3.8, 4) is 22.5 Å². The van der Waals surface area contributed by atoms with Gasteiger partial charge in [-0.2, -0.15) is 5.10 Å². The Morgan fingerprint density at radius 1 is 1.03 bits per heavy atom. The van der Waals surface area contributed by atoms with E-state index >= 15 is 0 Å². The van der Waals surface area contributed by atoms with Gasteiger partial charge in [0.05, 0.1) is 23.3 Å². The number of pyridine rings is 2. The van der Waals surface area contributed by atoms with Crippen LogP contribution in [0.2, 0.25) is 0 Å². The monoisotopic (exact) mass is 444 g/mol. The molecule has 0 fully saturated rings. The van der Waals surface area contributed by atoms with Gasteiger partial charge >= 0.3 is 0 Å². The fourth-order valence-electron chi connectivity index (χ4n) is 3.87. The number of aromatic amines is 2. The lowest BCUT2D eigenvalue weighted by Gasteiger charge is -2.11. The van der Waals surface area contributed by atoms with Crippen LogP contribution in [-0.4, -0.2) is 25.1 Å². The quantitative estimate of drug-likeness (QED) is 0.247. The highest BCUT2D eigenvalue weighted by Crippen LogP contribution is 2.31. The molecule has 0 spiro atoms. The number of allylic oxidation sites excluding steroid dienone is 2. The molecule has 6 heteroatoms. The number of aromatic nitrogens is 5. The SMILES string of the molecule is C=C/C=C\c1cc(-c2[nH]nc3ncc(-c4cncc(NC(=C)c5ccccc5)c4)cc23)[nH]c1C. The van der Waals surface area contributed by atoms with E-state index in [1.165, 1.54) is 0 Å². The molecule has 0 atom stereocenters. The number of hydrogen-bond donors (Lipinski definition) is 3. The van der Waals surface area contributed by atoms with E-state index in [0.717, 1.165) is 56.1 Å². The highest BCUT2D eigenvalue weighted by atomic mass is 15.2. The third-order valence-corrected chi connectivity index (χ3v) is 5.63. The lowest BCUT2D eigenvalue weighted by Crippen LogP contribution is -1.98. The molecule has 0 radical (unpaired) electrons. The minimum atomic E-state index is 0.661. The zero-order chi connectivity index (χ0) is 23.5. The number of hydrogen-bond acceptors (Lipinski definition) is 4. The molecule has 34 heavy (non-hydrogen) atoms. The predicted octanol–water partition coefficient (Wildman–Crippen LogP) is 6.61. The van der Waals surface area contributed by atoms with Gasteiger partial charge in [0, 0.05) is 40.3 Å². The lowest BCUT2D eigenvalue weighted by atomic mass is 10.1. The van der Waals surface area contributed by atoms with Crippen molar-refractivity contribution < 1.29 is 0 Å². The molecular weight excluding hydrogens is 420 g/mol. The molecule has 0 bridgehead atoms. The number of aryl methyl sites for hydroxylation is 1. The third kappa shape index (κ3) is 4.17. The van der Waals surface area contributed by atoms with Gasteiger partial charge in [0.2, 0.25) is 0 Å². The maximum atomic E-state index is 4.57. The number of fused-ring (bicyclic) bond motifs is 1. The van der Waals surface area contributed by atoms with Crippen molar-refractivity contribution in [2.24, 2.45) is 0 Å². The second kappa shape index (κ2) is 9.03. The van der Waals surface area contributed by atoms with Gasteiger partial charge in [-0.05, 0) is 36.2 Å². The van der Waals surface area contributed by atoms with Crippen LogP contribution in [0.15, 0.2) is 92.4 Å². The van der Waals surface area contributed by atoms with E-state index < -0.39 is 0 Å². The van der Waals surface area contributed by atoms with Crippen molar-refractivity contribution in [1.29, 1.82) is 0 Å². The van der Waals surface area contributed by atoms with Gasteiger partial charge in [-0.25, -0.2) is 4.98 Å². The molecule has 0 aliphatic carbocycles. The fraction of sp³-hybridized carbons (Fsp3) is 0.0357. The normalized spacial score (nSPS) is 11.2. The Hall–Kier alpha value is -4.71. The van der Waals surface area contributed by atoms with Crippen LogP contribution in [-0.2, 0) is 0 Å². The third-order valence-electron chi connectivity index (χ3n) is 5.63. The first-order chi connectivity index (χ1) is 16.6. The van der Waals surface area contributed by atoms with Gasteiger partial charge < -0.3 is 10.3 Å². The van der Waals surface area contributed by atoms with E-state index in [-0.39, 0.29) is 0 Å². The molecular formula is C28H24N6. The van der Waals surface area contributed by atoms with Crippen LogP contribution in [0, 0.1) is 6.92 Å². The molecule has 0 aliphatic heterocycles. The van der Waals surface area contributed by atoms with Crippen LogP contribution in [0.5, 0.6) is 0 Å². The summed E-state index contributed by atoms with van der Waals surface area (Å²) in [5.74, 6) is 0. The molecule has 4 aromatic heterocycles. The number of anilines is 1. The minimum absolute atomic E-state index is 0.661.